The lowest BCUT2D eigenvalue weighted by atomic mass is 9.97. The topological polar surface area (TPSA) is 72.2 Å². The number of nitrogens with one attached hydrogen (secondary N) is 1. The number of primary sulfonamides is 1. The molecule has 20 heavy (non-hydrogen) atoms. The van der Waals surface area contributed by atoms with Gasteiger partial charge in [-0.25, -0.2) is 13.6 Å². The van der Waals surface area contributed by atoms with E-state index in [4.69, 9.17) is 5.14 Å². The number of nitrogens with two attached hydrogens (primary N) is 1. The van der Waals surface area contributed by atoms with Crippen molar-refractivity contribution in [3.8, 4) is 0 Å². The number of benzene rings is 1. The van der Waals surface area contributed by atoms with Gasteiger partial charge in [0.1, 0.15) is 0 Å². The minimum absolute atomic E-state index is 0.160. The molecule has 0 saturated heterocycles. The monoisotopic (exact) mass is 298 g/mol. The van der Waals surface area contributed by atoms with E-state index in [1.54, 1.807) is 12.1 Å². The van der Waals surface area contributed by atoms with Crippen LogP contribution in [-0.4, -0.2) is 14.5 Å². The molecule has 4 nitrogen and oxygen atoms in total. The fraction of sp³-hybridized carbons (Fsp3) is 0.600. The first-order valence-corrected chi connectivity index (χ1v) is 8.76. The van der Waals surface area contributed by atoms with E-state index in [9.17, 15) is 8.42 Å². The van der Waals surface area contributed by atoms with Gasteiger partial charge in [-0.1, -0.05) is 39.3 Å². The zero-order chi connectivity index (χ0) is 15.2. The first-order valence-electron chi connectivity index (χ1n) is 7.21. The molecular formula is C15H26N2O2S. The van der Waals surface area contributed by atoms with Crippen LogP contribution in [0.4, 0.5) is 0 Å². The van der Waals surface area contributed by atoms with E-state index in [1.807, 2.05) is 12.1 Å². The van der Waals surface area contributed by atoms with Crippen molar-refractivity contribution in [2.45, 2.75) is 57.5 Å². The van der Waals surface area contributed by atoms with Crippen molar-refractivity contribution in [2.75, 3.05) is 0 Å². The molecule has 0 spiro atoms. The molecule has 0 heterocycles. The Kier molecular flexibility index (Phi) is 6.65. The fourth-order valence-electron chi connectivity index (χ4n) is 2.11. The molecule has 1 aromatic carbocycles. The molecule has 0 bridgehead atoms. The van der Waals surface area contributed by atoms with Gasteiger partial charge in [0.2, 0.25) is 10.0 Å². The smallest absolute Gasteiger partial charge is 0.238 e. The summed E-state index contributed by atoms with van der Waals surface area (Å²) in [6.07, 6.45) is 3.46. The predicted octanol–water partition coefficient (Wildman–Crippen LogP) is 2.64. The summed E-state index contributed by atoms with van der Waals surface area (Å²) in [6.45, 7) is 7.42. The van der Waals surface area contributed by atoms with Crippen LogP contribution in [-0.2, 0) is 16.6 Å². The lowest BCUT2D eigenvalue weighted by Gasteiger charge is -2.20. The Labute approximate surface area is 122 Å². The van der Waals surface area contributed by atoms with Gasteiger partial charge >= 0.3 is 0 Å². The highest BCUT2D eigenvalue weighted by atomic mass is 32.2. The van der Waals surface area contributed by atoms with E-state index in [0.717, 1.165) is 24.4 Å². The highest BCUT2D eigenvalue weighted by Gasteiger charge is 2.10. The SMILES string of the molecule is CCC(C)CC(CC)NCc1ccc(S(N)(=O)=O)cc1. The van der Waals surface area contributed by atoms with Gasteiger partial charge < -0.3 is 5.32 Å². The van der Waals surface area contributed by atoms with Crippen molar-refractivity contribution in [1.82, 2.24) is 5.32 Å². The molecule has 0 fully saturated rings. The van der Waals surface area contributed by atoms with Crippen LogP contribution < -0.4 is 10.5 Å². The zero-order valence-corrected chi connectivity index (χ0v) is 13.4. The molecule has 0 radical (unpaired) electrons. The third-order valence-electron chi connectivity index (χ3n) is 3.72. The van der Waals surface area contributed by atoms with Gasteiger partial charge in [0.25, 0.3) is 0 Å². The first-order chi connectivity index (χ1) is 9.36. The van der Waals surface area contributed by atoms with Gasteiger partial charge in [-0.2, -0.15) is 0 Å². The second kappa shape index (κ2) is 7.76. The first kappa shape index (κ1) is 17.1. The van der Waals surface area contributed by atoms with E-state index in [2.05, 4.69) is 26.1 Å². The summed E-state index contributed by atoms with van der Waals surface area (Å²) < 4.78 is 22.3. The van der Waals surface area contributed by atoms with Crippen molar-refractivity contribution in [3.63, 3.8) is 0 Å². The molecule has 1 aromatic rings. The van der Waals surface area contributed by atoms with Gasteiger partial charge in [-0.3, -0.25) is 0 Å². The summed E-state index contributed by atoms with van der Waals surface area (Å²) in [5.41, 5.74) is 1.07. The van der Waals surface area contributed by atoms with Crippen molar-refractivity contribution in [2.24, 2.45) is 11.1 Å². The predicted molar refractivity (Wildman–Crippen MR) is 82.8 cm³/mol. The van der Waals surface area contributed by atoms with E-state index in [1.165, 1.54) is 12.8 Å². The van der Waals surface area contributed by atoms with Crippen molar-refractivity contribution < 1.29 is 8.42 Å². The molecule has 2 unspecified atom stereocenters. The summed E-state index contributed by atoms with van der Waals surface area (Å²) in [6, 6.07) is 7.23. The molecular weight excluding hydrogens is 272 g/mol. The lowest BCUT2D eigenvalue weighted by Crippen LogP contribution is -2.29. The summed E-state index contributed by atoms with van der Waals surface area (Å²) >= 11 is 0. The van der Waals surface area contributed by atoms with Crippen LogP contribution in [0.1, 0.15) is 45.6 Å². The quantitative estimate of drug-likeness (QED) is 0.775. The second-order valence-electron chi connectivity index (χ2n) is 5.42. The number of hydrogen-bond acceptors (Lipinski definition) is 3. The molecule has 0 aliphatic carbocycles. The normalized spacial score (nSPS) is 15.0. The molecule has 5 heteroatoms. The van der Waals surface area contributed by atoms with Crippen LogP contribution in [0, 0.1) is 5.92 Å². The second-order valence-corrected chi connectivity index (χ2v) is 6.99. The molecule has 1 rings (SSSR count). The summed E-state index contributed by atoms with van der Waals surface area (Å²) in [7, 11) is -3.60. The van der Waals surface area contributed by atoms with Gasteiger partial charge in [-0.15, -0.1) is 0 Å². The van der Waals surface area contributed by atoms with Gasteiger partial charge in [0.05, 0.1) is 4.90 Å². The van der Waals surface area contributed by atoms with E-state index < -0.39 is 10.0 Å². The largest absolute Gasteiger partial charge is 0.310 e. The van der Waals surface area contributed by atoms with Gasteiger partial charge in [0, 0.05) is 12.6 Å². The molecule has 0 amide bonds. The number of rotatable bonds is 8. The molecule has 2 atom stereocenters. The van der Waals surface area contributed by atoms with Crippen LogP contribution in [0.3, 0.4) is 0 Å². The molecule has 3 N–H and O–H groups in total. The Hall–Kier alpha value is -0.910. The van der Waals surface area contributed by atoms with Crippen LogP contribution in [0.25, 0.3) is 0 Å². The third-order valence-corrected chi connectivity index (χ3v) is 4.65. The Morgan fingerprint density at radius 2 is 1.75 bits per heavy atom. The molecule has 0 aliphatic heterocycles. The lowest BCUT2D eigenvalue weighted by molar-refractivity contribution is 0.384. The summed E-state index contributed by atoms with van der Waals surface area (Å²) in [5, 5.41) is 8.61. The Morgan fingerprint density at radius 1 is 1.15 bits per heavy atom. The average molecular weight is 298 g/mol. The molecule has 0 aromatic heterocycles. The number of hydrogen-bond donors (Lipinski definition) is 2. The van der Waals surface area contributed by atoms with Gasteiger partial charge in [0.15, 0.2) is 0 Å². The molecule has 0 aliphatic rings. The van der Waals surface area contributed by atoms with Crippen molar-refractivity contribution in [1.29, 1.82) is 0 Å². The summed E-state index contributed by atoms with van der Waals surface area (Å²) in [4.78, 5) is 0.160. The third kappa shape index (κ3) is 5.61. The highest BCUT2D eigenvalue weighted by Crippen LogP contribution is 2.13. The maximum absolute atomic E-state index is 11.2. The average Bonchev–Trinajstić information content (AvgIpc) is 2.42. The maximum Gasteiger partial charge on any atom is 0.238 e. The zero-order valence-electron chi connectivity index (χ0n) is 12.6. The van der Waals surface area contributed by atoms with Crippen molar-refractivity contribution in [3.05, 3.63) is 29.8 Å². The molecule has 0 saturated carbocycles. The Bertz CT molecular complexity index is 497. The fourth-order valence-corrected chi connectivity index (χ4v) is 2.62. The highest BCUT2D eigenvalue weighted by molar-refractivity contribution is 7.89. The van der Waals surface area contributed by atoms with Crippen LogP contribution >= 0.6 is 0 Å². The minimum Gasteiger partial charge on any atom is -0.310 e. The van der Waals surface area contributed by atoms with Crippen LogP contribution in [0.15, 0.2) is 29.2 Å². The van der Waals surface area contributed by atoms with Gasteiger partial charge in [-0.05, 0) is 36.5 Å². The van der Waals surface area contributed by atoms with Crippen LogP contribution in [0.5, 0.6) is 0 Å². The van der Waals surface area contributed by atoms with E-state index in [-0.39, 0.29) is 4.90 Å². The van der Waals surface area contributed by atoms with Crippen molar-refractivity contribution >= 4 is 10.0 Å². The molecule has 114 valence electrons. The van der Waals surface area contributed by atoms with Crippen LogP contribution in [0.2, 0.25) is 0 Å². The number of sulfonamides is 1. The van der Waals surface area contributed by atoms with E-state index >= 15 is 0 Å². The van der Waals surface area contributed by atoms with E-state index in [0.29, 0.717) is 6.04 Å². The Morgan fingerprint density at radius 3 is 2.20 bits per heavy atom. The summed E-state index contributed by atoms with van der Waals surface area (Å²) in [5.74, 6) is 0.720. The Balaban J connectivity index is 2.56. The minimum atomic E-state index is -3.60. The standard InChI is InChI=1S/C15H26N2O2S/c1-4-12(3)10-14(5-2)17-11-13-6-8-15(9-7-13)20(16,18)19/h6-9,12,14,17H,4-5,10-11H2,1-3H3,(H2,16,18,19). The maximum atomic E-state index is 11.2.